The summed E-state index contributed by atoms with van der Waals surface area (Å²) in [7, 11) is 0. The fourth-order valence-electron chi connectivity index (χ4n) is 1.57. The number of ether oxygens (including phenoxy) is 1. The quantitative estimate of drug-likeness (QED) is 0.911. The van der Waals surface area contributed by atoms with Crippen molar-refractivity contribution in [2.45, 2.75) is 13.2 Å². The Morgan fingerprint density at radius 2 is 1.89 bits per heavy atom. The smallest absolute Gasteiger partial charge is 0.134 e. The molecule has 0 amide bonds. The zero-order chi connectivity index (χ0) is 13.0. The van der Waals surface area contributed by atoms with Gasteiger partial charge in [-0.3, -0.25) is 0 Å². The fourth-order valence-corrected chi connectivity index (χ4v) is 2.11. The Balaban J connectivity index is 2.06. The van der Waals surface area contributed by atoms with Crippen molar-refractivity contribution in [1.82, 2.24) is 0 Å². The van der Waals surface area contributed by atoms with Crippen LogP contribution in [0.4, 0.5) is 0 Å². The highest BCUT2D eigenvalue weighted by molar-refractivity contribution is 9.10. The van der Waals surface area contributed by atoms with E-state index in [1.165, 1.54) is 0 Å². The van der Waals surface area contributed by atoms with Gasteiger partial charge in [-0.15, -0.1) is 0 Å². The van der Waals surface area contributed by atoms with Crippen molar-refractivity contribution < 1.29 is 14.9 Å². The van der Waals surface area contributed by atoms with Gasteiger partial charge in [-0.2, -0.15) is 0 Å². The zero-order valence-corrected chi connectivity index (χ0v) is 11.2. The third-order valence-electron chi connectivity index (χ3n) is 2.48. The van der Waals surface area contributed by atoms with Crippen LogP contribution in [0.3, 0.4) is 0 Å². The average Bonchev–Trinajstić information content (AvgIpc) is 2.37. The number of halogens is 1. The van der Waals surface area contributed by atoms with Crippen molar-refractivity contribution in [3.05, 3.63) is 58.1 Å². The molecule has 2 rings (SSSR count). The minimum absolute atomic E-state index is 0.00539. The third-order valence-corrected chi connectivity index (χ3v) is 3.10. The van der Waals surface area contributed by atoms with Crippen molar-refractivity contribution in [3.63, 3.8) is 0 Å². The zero-order valence-electron chi connectivity index (χ0n) is 9.64. The Bertz CT molecular complexity index is 540. The molecule has 0 aliphatic heterocycles. The van der Waals surface area contributed by atoms with E-state index in [0.717, 1.165) is 15.6 Å². The molecule has 0 atom stereocenters. The lowest BCUT2D eigenvalue weighted by Gasteiger charge is -2.09. The first-order chi connectivity index (χ1) is 8.69. The number of hydrogen-bond acceptors (Lipinski definition) is 3. The number of benzene rings is 2. The third kappa shape index (κ3) is 3.24. The highest BCUT2D eigenvalue weighted by atomic mass is 79.9. The monoisotopic (exact) mass is 308 g/mol. The van der Waals surface area contributed by atoms with Crippen LogP contribution in [-0.4, -0.2) is 10.2 Å². The number of hydrogen-bond donors (Lipinski definition) is 2. The lowest BCUT2D eigenvalue weighted by atomic mass is 10.2. The van der Waals surface area contributed by atoms with Gasteiger partial charge in [0.15, 0.2) is 0 Å². The second-order valence-corrected chi connectivity index (χ2v) is 4.74. The first-order valence-electron chi connectivity index (χ1n) is 5.49. The summed E-state index contributed by atoms with van der Waals surface area (Å²) in [4.78, 5) is 0. The van der Waals surface area contributed by atoms with Crippen LogP contribution in [0.1, 0.15) is 11.1 Å². The molecule has 3 nitrogen and oxygen atoms in total. The molecule has 2 aromatic carbocycles. The van der Waals surface area contributed by atoms with E-state index in [-0.39, 0.29) is 12.4 Å². The highest BCUT2D eigenvalue weighted by Gasteiger charge is 2.03. The van der Waals surface area contributed by atoms with Gasteiger partial charge in [0.2, 0.25) is 0 Å². The van der Waals surface area contributed by atoms with E-state index < -0.39 is 0 Å². The van der Waals surface area contributed by atoms with Crippen LogP contribution in [0.25, 0.3) is 0 Å². The van der Waals surface area contributed by atoms with Gasteiger partial charge >= 0.3 is 0 Å². The van der Waals surface area contributed by atoms with E-state index >= 15 is 0 Å². The molecule has 0 unspecified atom stereocenters. The molecule has 0 heterocycles. The molecule has 4 heteroatoms. The molecule has 0 aromatic heterocycles. The Kier molecular flexibility index (Phi) is 4.23. The van der Waals surface area contributed by atoms with Crippen molar-refractivity contribution in [2.75, 3.05) is 0 Å². The van der Waals surface area contributed by atoms with Crippen LogP contribution in [-0.2, 0) is 13.2 Å². The Morgan fingerprint density at radius 3 is 2.56 bits per heavy atom. The summed E-state index contributed by atoms with van der Waals surface area (Å²) in [6.07, 6.45) is 0. The summed E-state index contributed by atoms with van der Waals surface area (Å²) in [5.74, 6) is 0.932. The van der Waals surface area contributed by atoms with E-state index in [1.54, 1.807) is 24.3 Å². The summed E-state index contributed by atoms with van der Waals surface area (Å²) in [6.45, 7) is 0.386. The second-order valence-electron chi connectivity index (χ2n) is 3.88. The summed E-state index contributed by atoms with van der Waals surface area (Å²) in [6, 6.07) is 12.4. The van der Waals surface area contributed by atoms with E-state index in [2.05, 4.69) is 15.9 Å². The fraction of sp³-hybridized carbons (Fsp3) is 0.143. The number of phenols is 1. The standard InChI is InChI=1S/C14H13BrO3/c15-13-7-10(8-16)4-5-14(13)18-9-11-2-1-3-12(17)6-11/h1-7,16-17H,8-9H2. The minimum Gasteiger partial charge on any atom is -0.508 e. The van der Waals surface area contributed by atoms with Crippen molar-refractivity contribution in [2.24, 2.45) is 0 Å². The molecule has 0 saturated heterocycles. The summed E-state index contributed by atoms with van der Waals surface area (Å²) in [5.41, 5.74) is 1.72. The van der Waals surface area contributed by atoms with E-state index in [0.29, 0.717) is 12.4 Å². The van der Waals surface area contributed by atoms with Crippen molar-refractivity contribution >= 4 is 15.9 Å². The van der Waals surface area contributed by atoms with Gasteiger partial charge in [-0.25, -0.2) is 0 Å². The summed E-state index contributed by atoms with van der Waals surface area (Å²) >= 11 is 3.39. The number of aliphatic hydroxyl groups is 1. The molecule has 94 valence electrons. The number of rotatable bonds is 4. The molecule has 18 heavy (non-hydrogen) atoms. The Labute approximate surface area is 114 Å². The van der Waals surface area contributed by atoms with Gasteiger partial charge in [0.1, 0.15) is 18.1 Å². The largest absolute Gasteiger partial charge is 0.508 e. The molecule has 0 fully saturated rings. The van der Waals surface area contributed by atoms with Gasteiger partial charge in [0, 0.05) is 0 Å². The maximum atomic E-state index is 9.34. The molecule has 2 aromatic rings. The van der Waals surface area contributed by atoms with Gasteiger partial charge in [0.05, 0.1) is 11.1 Å². The predicted octanol–water partition coefficient (Wildman–Crippen LogP) is 3.23. The normalized spacial score (nSPS) is 10.3. The van der Waals surface area contributed by atoms with E-state index in [1.807, 2.05) is 18.2 Å². The number of aliphatic hydroxyl groups excluding tert-OH is 1. The first kappa shape index (κ1) is 12.9. The maximum absolute atomic E-state index is 9.34. The van der Waals surface area contributed by atoms with Gasteiger partial charge in [-0.1, -0.05) is 18.2 Å². The number of aromatic hydroxyl groups is 1. The lowest BCUT2D eigenvalue weighted by Crippen LogP contribution is -1.96. The van der Waals surface area contributed by atoms with Crippen LogP contribution >= 0.6 is 15.9 Å². The van der Waals surface area contributed by atoms with E-state index in [4.69, 9.17) is 9.84 Å². The average molecular weight is 309 g/mol. The molecule has 0 bridgehead atoms. The maximum Gasteiger partial charge on any atom is 0.134 e. The van der Waals surface area contributed by atoms with Crippen LogP contribution in [0.2, 0.25) is 0 Å². The predicted molar refractivity (Wildman–Crippen MR) is 72.5 cm³/mol. The topological polar surface area (TPSA) is 49.7 Å². The second kappa shape index (κ2) is 5.89. The molecule has 0 radical (unpaired) electrons. The van der Waals surface area contributed by atoms with Crippen molar-refractivity contribution in [1.29, 1.82) is 0 Å². The molecular weight excluding hydrogens is 296 g/mol. The molecule has 0 saturated carbocycles. The molecule has 0 aliphatic rings. The molecule has 2 N–H and O–H groups in total. The van der Waals surface area contributed by atoms with Gasteiger partial charge < -0.3 is 14.9 Å². The molecule has 0 aliphatic carbocycles. The molecule has 0 spiro atoms. The Morgan fingerprint density at radius 1 is 1.06 bits per heavy atom. The molecular formula is C14H13BrO3. The highest BCUT2D eigenvalue weighted by Crippen LogP contribution is 2.27. The lowest BCUT2D eigenvalue weighted by molar-refractivity contribution is 0.280. The number of phenolic OH excluding ortho intramolecular Hbond substituents is 1. The van der Waals surface area contributed by atoms with E-state index in [9.17, 15) is 5.11 Å². The SMILES string of the molecule is OCc1ccc(OCc2cccc(O)c2)c(Br)c1. The van der Waals surface area contributed by atoms with Crippen molar-refractivity contribution in [3.8, 4) is 11.5 Å². The van der Waals surface area contributed by atoms with Crippen LogP contribution in [0.15, 0.2) is 46.9 Å². The van der Waals surface area contributed by atoms with Crippen LogP contribution in [0.5, 0.6) is 11.5 Å². The van der Waals surface area contributed by atoms with Gasteiger partial charge in [-0.05, 0) is 51.3 Å². The van der Waals surface area contributed by atoms with Crippen LogP contribution < -0.4 is 4.74 Å². The minimum atomic E-state index is 0.00539. The first-order valence-corrected chi connectivity index (χ1v) is 6.28. The summed E-state index contributed by atoms with van der Waals surface area (Å²) in [5, 5.41) is 18.3. The van der Waals surface area contributed by atoms with Crippen LogP contribution in [0, 0.1) is 0 Å². The van der Waals surface area contributed by atoms with Gasteiger partial charge in [0.25, 0.3) is 0 Å². The summed E-state index contributed by atoms with van der Waals surface area (Å²) < 4.78 is 6.44. The Hall–Kier alpha value is -1.52.